The summed E-state index contributed by atoms with van der Waals surface area (Å²) in [6.45, 7) is 0. The molecule has 0 fully saturated rings. The first-order valence-electron chi connectivity index (χ1n) is 5.45. The third-order valence-corrected chi connectivity index (χ3v) is 3.24. The van der Waals surface area contributed by atoms with Crippen LogP contribution in [0, 0.1) is 0 Å². The van der Waals surface area contributed by atoms with E-state index in [1.807, 2.05) is 30.3 Å². The highest BCUT2D eigenvalue weighted by Crippen LogP contribution is 2.30. The Hall–Kier alpha value is -1.72. The molecule has 1 heterocycles. The van der Waals surface area contributed by atoms with Crippen LogP contribution < -0.4 is 4.74 Å². The summed E-state index contributed by atoms with van der Waals surface area (Å²) in [5.41, 5.74) is 1.44. The number of hydrogen-bond donors (Lipinski definition) is 0. The molecule has 0 aliphatic rings. The van der Waals surface area contributed by atoms with Crippen LogP contribution in [0.25, 0.3) is 11.0 Å². The van der Waals surface area contributed by atoms with Gasteiger partial charge in [0.15, 0.2) is 5.75 Å². The van der Waals surface area contributed by atoms with E-state index in [1.54, 1.807) is 12.1 Å². The van der Waals surface area contributed by atoms with Crippen LogP contribution in [0.4, 0.5) is 0 Å². The Kier molecular flexibility index (Phi) is 3.31. The number of fused-ring (bicyclic) bond motifs is 1. The molecule has 0 N–H and O–H groups in total. The zero-order valence-corrected chi connectivity index (χ0v) is 11.9. The summed E-state index contributed by atoms with van der Waals surface area (Å²) >= 11 is 9.40. The van der Waals surface area contributed by atoms with E-state index in [2.05, 4.69) is 31.1 Å². The maximum atomic E-state index is 6.04. The molecule has 0 bridgehead atoms. The molecule has 6 heteroatoms. The fourth-order valence-corrected chi connectivity index (χ4v) is 2.06. The predicted molar refractivity (Wildman–Crippen MR) is 76.6 cm³/mol. The van der Waals surface area contributed by atoms with Crippen LogP contribution in [0.5, 0.6) is 11.8 Å². The van der Waals surface area contributed by atoms with E-state index >= 15 is 0 Å². The van der Waals surface area contributed by atoms with Crippen molar-refractivity contribution >= 4 is 38.6 Å². The molecular weight excluding hydrogens is 330 g/mol. The maximum Gasteiger partial charge on any atom is 0.341 e. The third kappa shape index (κ3) is 2.67. The molecule has 0 aliphatic carbocycles. The summed E-state index contributed by atoms with van der Waals surface area (Å²) in [5, 5.41) is 8.44. The van der Waals surface area contributed by atoms with Crippen LogP contribution in [0.2, 0.25) is 5.02 Å². The van der Waals surface area contributed by atoms with Crippen molar-refractivity contribution in [2.24, 2.45) is 0 Å². The Morgan fingerprint density at radius 2 is 1.79 bits per heavy atom. The van der Waals surface area contributed by atoms with Gasteiger partial charge in [0.05, 0.1) is 10.5 Å². The molecule has 0 amide bonds. The van der Waals surface area contributed by atoms with Crippen molar-refractivity contribution in [2.75, 3.05) is 0 Å². The van der Waals surface area contributed by atoms with Gasteiger partial charge < -0.3 is 4.74 Å². The van der Waals surface area contributed by atoms with Crippen molar-refractivity contribution in [2.45, 2.75) is 0 Å². The van der Waals surface area contributed by atoms with E-state index in [1.165, 1.54) is 0 Å². The molecule has 19 heavy (non-hydrogen) atoms. The normalized spacial score (nSPS) is 10.6. The molecule has 94 valence electrons. The summed E-state index contributed by atoms with van der Waals surface area (Å²) < 4.78 is 6.41. The summed E-state index contributed by atoms with van der Waals surface area (Å²) in [4.78, 5) is 4.27. The van der Waals surface area contributed by atoms with Crippen LogP contribution in [0.3, 0.4) is 0 Å². The quantitative estimate of drug-likeness (QED) is 0.702. The number of hydrogen-bond acceptors (Lipinski definition) is 4. The topological polar surface area (TPSA) is 47.9 Å². The van der Waals surface area contributed by atoms with E-state index in [9.17, 15) is 0 Å². The highest BCUT2D eigenvalue weighted by Gasteiger charge is 2.07. The molecule has 0 spiro atoms. The monoisotopic (exact) mass is 335 g/mol. The van der Waals surface area contributed by atoms with Crippen LogP contribution >= 0.6 is 27.5 Å². The minimum absolute atomic E-state index is 0.165. The minimum Gasteiger partial charge on any atom is -0.422 e. The molecule has 3 aromatic rings. The summed E-state index contributed by atoms with van der Waals surface area (Å²) in [7, 11) is 0. The Labute approximate surface area is 122 Å². The van der Waals surface area contributed by atoms with Crippen LogP contribution in [0.15, 0.2) is 46.9 Å². The largest absolute Gasteiger partial charge is 0.422 e. The van der Waals surface area contributed by atoms with Crippen molar-refractivity contribution in [3.05, 3.63) is 52.0 Å². The molecule has 2 aromatic carbocycles. The molecule has 0 saturated heterocycles. The van der Waals surface area contributed by atoms with E-state index in [0.29, 0.717) is 10.8 Å². The second kappa shape index (κ2) is 5.11. The lowest BCUT2D eigenvalue weighted by molar-refractivity contribution is 0.437. The Morgan fingerprint density at radius 3 is 2.63 bits per heavy atom. The van der Waals surface area contributed by atoms with E-state index in [4.69, 9.17) is 16.3 Å². The van der Waals surface area contributed by atoms with Gasteiger partial charge in [0.1, 0.15) is 5.52 Å². The van der Waals surface area contributed by atoms with Gasteiger partial charge in [-0.1, -0.05) is 44.8 Å². The average molecular weight is 337 g/mol. The van der Waals surface area contributed by atoms with Crippen molar-refractivity contribution in [1.29, 1.82) is 0 Å². The molecule has 0 aliphatic heterocycles. The minimum atomic E-state index is 0.165. The second-order valence-electron chi connectivity index (χ2n) is 3.76. The number of benzene rings is 2. The molecule has 0 unspecified atom stereocenters. The summed E-state index contributed by atoms with van der Waals surface area (Å²) in [5.74, 6) is 0.480. The molecule has 3 rings (SSSR count). The molecule has 0 saturated carbocycles. The lowest BCUT2D eigenvalue weighted by Crippen LogP contribution is -1.95. The van der Waals surface area contributed by atoms with Gasteiger partial charge in [-0.25, -0.2) is 0 Å². The summed E-state index contributed by atoms with van der Waals surface area (Å²) in [6, 6.07) is 12.9. The van der Waals surface area contributed by atoms with Gasteiger partial charge in [-0.3, -0.25) is 0 Å². The predicted octanol–water partition coefficient (Wildman–Crippen LogP) is 4.23. The van der Waals surface area contributed by atoms with Gasteiger partial charge in [0.2, 0.25) is 0 Å². The number of aromatic nitrogens is 3. The number of ether oxygens (including phenoxy) is 1. The van der Waals surface area contributed by atoms with Gasteiger partial charge in [-0.05, 0) is 30.3 Å². The SMILES string of the molecule is Clc1ccc(Br)cc1Oc1nnc2ccccc2n1. The molecule has 4 nitrogen and oxygen atoms in total. The van der Waals surface area contributed by atoms with Gasteiger partial charge in [-0.15, -0.1) is 5.10 Å². The first-order valence-corrected chi connectivity index (χ1v) is 6.62. The lowest BCUT2D eigenvalue weighted by atomic mass is 10.3. The smallest absolute Gasteiger partial charge is 0.341 e. The fourth-order valence-electron chi connectivity index (χ4n) is 1.56. The third-order valence-electron chi connectivity index (χ3n) is 2.44. The molecule has 1 aromatic heterocycles. The number of nitrogens with zero attached hydrogens (tertiary/aromatic N) is 3. The van der Waals surface area contributed by atoms with Crippen LogP contribution in [0.1, 0.15) is 0 Å². The first-order chi connectivity index (χ1) is 9.22. The van der Waals surface area contributed by atoms with Gasteiger partial charge in [0, 0.05) is 4.47 Å². The lowest BCUT2D eigenvalue weighted by Gasteiger charge is -2.06. The average Bonchev–Trinajstić information content (AvgIpc) is 2.43. The molecule has 0 atom stereocenters. The zero-order valence-electron chi connectivity index (χ0n) is 9.55. The highest BCUT2D eigenvalue weighted by molar-refractivity contribution is 9.10. The fraction of sp³-hybridized carbons (Fsp3) is 0. The van der Waals surface area contributed by atoms with E-state index in [0.717, 1.165) is 15.5 Å². The van der Waals surface area contributed by atoms with Gasteiger partial charge in [0.25, 0.3) is 0 Å². The molecular formula is C13H7BrClN3O. The highest BCUT2D eigenvalue weighted by atomic mass is 79.9. The number of para-hydroxylation sites is 1. The van der Waals surface area contributed by atoms with Gasteiger partial charge in [-0.2, -0.15) is 4.98 Å². The Bertz CT molecular complexity index is 751. The van der Waals surface area contributed by atoms with Crippen molar-refractivity contribution < 1.29 is 4.74 Å². The van der Waals surface area contributed by atoms with E-state index in [-0.39, 0.29) is 6.01 Å². The number of rotatable bonds is 2. The van der Waals surface area contributed by atoms with Crippen molar-refractivity contribution in [3.8, 4) is 11.8 Å². The van der Waals surface area contributed by atoms with Crippen LogP contribution in [-0.2, 0) is 0 Å². The van der Waals surface area contributed by atoms with Crippen molar-refractivity contribution in [3.63, 3.8) is 0 Å². The van der Waals surface area contributed by atoms with Crippen molar-refractivity contribution in [1.82, 2.24) is 15.2 Å². The Morgan fingerprint density at radius 1 is 1.00 bits per heavy atom. The Balaban J connectivity index is 1.98. The van der Waals surface area contributed by atoms with E-state index < -0.39 is 0 Å². The first kappa shape index (κ1) is 12.3. The maximum absolute atomic E-state index is 6.04. The number of halogens is 2. The summed E-state index contributed by atoms with van der Waals surface area (Å²) in [6.07, 6.45) is 0. The standard InChI is InChI=1S/C13H7BrClN3O/c14-8-5-6-9(15)12(7-8)19-13-16-10-3-1-2-4-11(10)17-18-13/h1-7H. The second-order valence-corrected chi connectivity index (χ2v) is 5.08. The zero-order chi connectivity index (χ0) is 13.2. The molecule has 0 radical (unpaired) electrons. The van der Waals surface area contributed by atoms with Crippen LogP contribution in [-0.4, -0.2) is 15.2 Å². The van der Waals surface area contributed by atoms with Gasteiger partial charge >= 0.3 is 6.01 Å².